The van der Waals surface area contributed by atoms with Crippen LogP contribution >= 0.6 is 11.6 Å². The number of rotatable bonds is 4. The van der Waals surface area contributed by atoms with Crippen molar-refractivity contribution in [3.63, 3.8) is 0 Å². The Morgan fingerprint density at radius 3 is 2.94 bits per heavy atom. The van der Waals surface area contributed by atoms with Gasteiger partial charge in [0.15, 0.2) is 0 Å². The fourth-order valence-electron chi connectivity index (χ4n) is 1.55. The predicted molar refractivity (Wildman–Crippen MR) is 70.0 cm³/mol. The van der Waals surface area contributed by atoms with Crippen molar-refractivity contribution in [1.29, 1.82) is 0 Å². The highest BCUT2D eigenvalue weighted by Gasteiger charge is 2.14. The van der Waals surface area contributed by atoms with Gasteiger partial charge in [-0.05, 0) is 6.07 Å². The van der Waals surface area contributed by atoms with E-state index in [1.165, 1.54) is 10.7 Å². The maximum atomic E-state index is 10.9. The molecule has 0 fully saturated rings. The predicted octanol–water partition coefficient (Wildman–Crippen LogP) is 3.03. The number of nitrogens with zero attached hydrogens (tertiary/aromatic N) is 3. The van der Waals surface area contributed by atoms with Gasteiger partial charge in [0, 0.05) is 23.7 Å². The van der Waals surface area contributed by atoms with Crippen molar-refractivity contribution in [3.05, 3.63) is 58.4 Å². The summed E-state index contributed by atoms with van der Waals surface area (Å²) in [7, 11) is 0. The van der Waals surface area contributed by atoms with E-state index in [2.05, 4.69) is 5.10 Å². The standard InChI is InChI=1S/C12H10ClN3O2/c13-7-3-4-10-8-14-15(9-10)11-5-1-2-6-12(11)16(17)18/h1-6,8-9H,7H2. The largest absolute Gasteiger partial charge is 0.294 e. The highest BCUT2D eigenvalue weighted by molar-refractivity contribution is 6.19. The first-order valence-electron chi connectivity index (χ1n) is 5.23. The molecule has 1 heterocycles. The van der Waals surface area contributed by atoms with Gasteiger partial charge >= 0.3 is 0 Å². The van der Waals surface area contributed by atoms with Crippen LogP contribution in [0.2, 0.25) is 0 Å². The Balaban J connectivity index is 2.40. The van der Waals surface area contributed by atoms with Crippen LogP contribution < -0.4 is 0 Å². The molecule has 0 bridgehead atoms. The lowest BCUT2D eigenvalue weighted by atomic mass is 10.2. The summed E-state index contributed by atoms with van der Waals surface area (Å²) < 4.78 is 1.48. The molecule has 2 rings (SSSR count). The van der Waals surface area contributed by atoms with E-state index in [0.717, 1.165) is 5.56 Å². The molecule has 0 saturated heterocycles. The molecule has 0 atom stereocenters. The second kappa shape index (κ2) is 5.46. The van der Waals surface area contributed by atoms with Gasteiger partial charge in [-0.25, -0.2) is 4.68 Å². The smallest absolute Gasteiger partial charge is 0.258 e. The van der Waals surface area contributed by atoms with Gasteiger partial charge in [0.2, 0.25) is 0 Å². The molecule has 0 aliphatic carbocycles. The van der Waals surface area contributed by atoms with Crippen LogP contribution in [0.1, 0.15) is 5.56 Å². The van der Waals surface area contributed by atoms with Crippen molar-refractivity contribution in [3.8, 4) is 5.69 Å². The first-order chi connectivity index (χ1) is 8.72. The lowest BCUT2D eigenvalue weighted by molar-refractivity contribution is -0.384. The highest BCUT2D eigenvalue weighted by Crippen LogP contribution is 2.21. The molecule has 0 unspecified atom stereocenters. The molecule has 18 heavy (non-hydrogen) atoms. The number of benzene rings is 1. The minimum Gasteiger partial charge on any atom is -0.258 e. The van der Waals surface area contributed by atoms with Crippen LogP contribution in [0.25, 0.3) is 11.8 Å². The summed E-state index contributed by atoms with van der Waals surface area (Å²) in [4.78, 5) is 10.5. The summed E-state index contributed by atoms with van der Waals surface area (Å²) in [5.74, 6) is 0.413. The number of alkyl halides is 1. The van der Waals surface area contributed by atoms with Gasteiger partial charge in [0.25, 0.3) is 5.69 Å². The van der Waals surface area contributed by atoms with Gasteiger partial charge < -0.3 is 0 Å². The Bertz CT molecular complexity index is 593. The van der Waals surface area contributed by atoms with Crippen molar-refractivity contribution >= 4 is 23.4 Å². The third-order valence-electron chi connectivity index (χ3n) is 2.33. The number of aromatic nitrogens is 2. The molecule has 1 aromatic carbocycles. The van der Waals surface area contributed by atoms with Crippen LogP contribution in [0.15, 0.2) is 42.7 Å². The average Bonchev–Trinajstić information content (AvgIpc) is 2.85. The Labute approximate surface area is 108 Å². The van der Waals surface area contributed by atoms with E-state index in [1.54, 1.807) is 36.7 Å². The molecule has 0 spiro atoms. The Morgan fingerprint density at radius 2 is 2.22 bits per heavy atom. The van der Waals surface area contributed by atoms with Crippen LogP contribution in [0.4, 0.5) is 5.69 Å². The fraction of sp³-hybridized carbons (Fsp3) is 0.0833. The number of para-hydroxylation sites is 2. The molecule has 6 heteroatoms. The molecular formula is C12H10ClN3O2. The Hall–Kier alpha value is -2.14. The second-order valence-corrected chi connectivity index (χ2v) is 3.83. The number of halogens is 1. The maximum absolute atomic E-state index is 10.9. The summed E-state index contributed by atoms with van der Waals surface area (Å²) in [6.07, 6.45) is 6.93. The van der Waals surface area contributed by atoms with E-state index >= 15 is 0 Å². The molecule has 2 aromatic rings. The molecule has 1 aromatic heterocycles. The molecule has 0 radical (unpaired) electrons. The second-order valence-electron chi connectivity index (χ2n) is 3.52. The van der Waals surface area contributed by atoms with Crippen molar-refractivity contribution in [2.24, 2.45) is 0 Å². The monoisotopic (exact) mass is 263 g/mol. The number of nitro groups is 1. The van der Waals surface area contributed by atoms with Gasteiger partial charge in [-0.3, -0.25) is 10.1 Å². The molecule has 0 aliphatic heterocycles. The maximum Gasteiger partial charge on any atom is 0.294 e. The Morgan fingerprint density at radius 1 is 1.44 bits per heavy atom. The quantitative estimate of drug-likeness (QED) is 0.484. The number of allylic oxidation sites excluding steroid dienone is 1. The first kappa shape index (κ1) is 12.3. The number of nitro benzene ring substituents is 1. The van der Waals surface area contributed by atoms with Crippen LogP contribution in [-0.2, 0) is 0 Å². The number of hydrogen-bond donors (Lipinski definition) is 0. The first-order valence-corrected chi connectivity index (χ1v) is 5.77. The van der Waals surface area contributed by atoms with Crippen molar-refractivity contribution in [1.82, 2.24) is 9.78 Å². The molecule has 0 N–H and O–H groups in total. The third-order valence-corrected chi connectivity index (χ3v) is 2.51. The van der Waals surface area contributed by atoms with Crippen LogP contribution in [0, 0.1) is 10.1 Å². The van der Waals surface area contributed by atoms with Crippen molar-refractivity contribution in [2.45, 2.75) is 0 Å². The third kappa shape index (κ3) is 2.57. The fourth-order valence-corrected chi connectivity index (χ4v) is 1.64. The van der Waals surface area contributed by atoms with E-state index in [0.29, 0.717) is 11.6 Å². The van der Waals surface area contributed by atoms with Crippen LogP contribution in [0.5, 0.6) is 0 Å². The molecular weight excluding hydrogens is 254 g/mol. The van der Waals surface area contributed by atoms with E-state index in [-0.39, 0.29) is 5.69 Å². The minimum atomic E-state index is -0.425. The summed E-state index contributed by atoms with van der Waals surface area (Å²) >= 11 is 5.54. The zero-order valence-corrected chi connectivity index (χ0v) is 10.1. The van der Waals surface area contributed by atoms with Gasteiger partial charge in [0.1, 0.15) is 5.69 Å². The van der Waals surface area contributed by atoms with Crippen LogP contribution in [-0.4, -0.2) is 20.6 Å². The SMILES string of the molecule is O=[N+]([O-])c1ccccc1-n1cc(C=CCCl)cn1. The van der Waals surface area contributed by atoms with Gasteiger partial charge in [-0.1, -0.05) is 24.3 Å². The van der Waals surface area contributed by atoms with Gasteiger partial charge in [-0.15, -0.1) is 11.6 Å². The van der Waals surface area contributed by atoms with Crippen LogP contribution in [0.3, 0.4) is 0 Å². The zero-order valence-electron chi connectivity index (χ0n) is 9.36. The highest BCUT2D eigenvalue weighted by atomic mass is 35.5. The minimum absolute atomic E-state index is 0.0217. The summed E-state index contributed by atoms with van der Waals surface area (Å²) in [5, 5.41) is 15.0. The van der Waals surface area contributed by atoms with E-state index in [1.807, 2.05) is 6.08 Å². The molecule has 0 saturated carbocycles. The molecule has 5 nitrogen and oxygen atoms in total. The average molecular weight is 264 g/mol. The molecule has 0 amide bonds. The van der Waals surface area contributed by atoms with Gasteiger partial charge in [0.05, 0.1) is 11.1 Å². The molecule has 92 valence electrons. The van der Waals surface area contributed by atoms with E-state index in [9.17, 15) is 10.1 Å². The van der Waals surface area contributed by atoms with E-state index < -0.39 is 4.92 Å². The van der Waals surface area contributed by atoms with Crippen molar-refractivity contribution < 1.29 is 4.92 Å². The van der Waals surface area contributed by atoms with Crippen molar-refractivity contribution in [2.75, 3.05) is 5.88 Å². The molecule has 0 aliphatic rings. The zero-order chi connectivity index (χ0) is 13.0. The summed E-state index contributed by atoms with van der Waals surface area (Å²) in [6, 6.07) is 6.46. The van der Waals surface area contributed by atoms with E-state index in [4.69, 9.17) is 11.6 Å². The lowest BCUT2D eigenvalue weighted by Crippen LogP contribution is -1.99. The normalized spacial score (nSPS) is 10.9. The summed E-state index contributed by atoms with van der Waals surface area (Å²) in [6.45, 7) is 0. The lowest BCUT2D eigenvalue weighted by Gasteiger charge is -2.01. The van der Waals surface area contributed by atoms with Gasteiger partial charge in [-0.2, -0.15) is 5.10 Å². The Kier molecular flexibility index (Phi) is 3.74. The topological polar surface area (TPSA) is 61.0 Å². The number of hydrogen-bond acceptors (Lipinski definition) is 3. The summed E-state index contributed by atoms with van der Waals surface area (Å²) in [5.41, 5.74) is 1.30.